The van der Waals surface area contributed by atoms with E-state index in [9.17, 15) is 9.90 Å². The number of hydrogen-bond acceptors (Lipinski definition) is 6. The van der Waals surface area contributed by atoms with Crippen LogP contribution in [0.25, 0.3) is 10.2 Å². The lowest BCUT2D eigenvalue weighted by molar-refractivity contribution is 0.0174. The minimum Gasteiger partial charge on any atom is -0.389 e. The molecule has 7 heteroatoms. The summed E-state index contributed by atoms with van der Waals surface area (Å²) < 4.78 is 5.33. The van der Waals surface area contributed by atoms with Crippen LogP contribution in [0.15, 0.2) is 4.79 Å². The molecule has 2 heterocycles. The summed E-state index contributed by atoms with van der Waals surface area (Å²) in [6, 6.07) is 0.472. The Morgan fingerprint density at radius 3 is 2.96 bits per heavy atom. The van der Waals surface area contributed by atoms with E-state index in [4.69, 9.17) is 9.72 Å². The lowest BCUT2D eigenvalue weighted by Crippen LogP contribution is -2.37. The molecule has 0 amide bonds. The van der Waals surface area contributed by atoms with Crippen LogP contribution in [0.5, 0.6) is 0 Å². The van der Waals surface area contributed by atoms with Crippen molar-refractivity contribution in [3.63, 3.8) is 0 Å². The molecule has 2 aromatic rings. The van der Waals surface area contributed by atoms with Crippen LogP contribution in [0.2, 0.25) is 0 Å². The number of aromatic nitrogens is 2. The van der Waals surface area contributed by atoms with Crippen molar-refractivity contribution in [2.24, 2.45) is 5.92 Å². The number of fused-ring (bicyclic) bond motifs is 3. The first-order valence-electron chi connectivity index (χ1n) is 10.1. The molecule has 2 aliphatic carbocycles. The van der Waals surface area contributed by atoms with E-state index in [1.165, 1.54) is 10.4 Å². The molecule has 1 fully saturated rings. The number of nitrogens with one attached hydrogen (secondary N) is 1. The van der Waals surface area contributed by atoms with E-state index in [0.29, 0.717) is 44.1 Å². The Morgan fingerprint density at radius 1 is 1.41 bits per heavy atom. The third kappa shape index (κ3) is 4.26. The average molecular weight is 392 g/mol. The van der Waals surface area contributed by atoms with Crippen LogP contribution in [0.4, 0.5) is 0 Å². The fraction of sp³-hybridized carbons (Fsp3) is 0.700. The second-order valence-corrected chi connectivity index (χ2v) is 9.10. The molecule has 6 nitrogen and oxygen atoms in total. The van der Waals surface area contributed by atoms with Crippen molar-refractivity contribution in [2.75, 3.05) is 19.8 Å². The molecule has 0 aliphatic heterocycles. The Morgan fingerprint density at radius 2 is 2.22 bits per heavy atom. The van der Waals surface area contributed by atoms with Crippen LogP contribution in [0, 0.1) is 5.92 Å². The largest absolute Gasteiger partial charge is 0.389 e. The standard InChI is InChI=1S/C20H29N3O3S/c1-3-26-11-14(24)9-23(13-5-6-13)10-17-21-19(25)18-15-7-4-12(2)8-16(15)27-20(18)22-17/h12-14,24H,3-11H2,1-2H3,(H,21,22,25)/t12-,14+/m1/s1. The van der Waals surface area contributed by atoms with Crippen LogP contribution in [0.3, 0.4) is 0 Å². The number of thiophene rings is 1. The highest BCUT2D eigenvalue weighted by Crippen LogP contribution is 2.36. The van der Waals surface area contributed by atoms with Gasteiger partial charge in [0, 0.05) is 24.1 Å². The molecule has 0 spiro atoms. The Labute approximate surface area is 163 Å². The number of ether oxygens (including phenoxy) is 1. The van der Waals surface area contributed by atoms with E-state index in [1.54, 1.807) is 11.3 Å². The zero-order valence-corrected chi connectivity index (χ0v) is 17.0. The zero-order valence-electron chi connectivity index (χ0n) is 16.2. The summed E-state index contributed by atoms with van der Waals surface area (Å²) in [4.78, 5) is 25.0. The quantitative estimate of drug-likeness (QED) is 0.723. The van der Waals surface area contributed by atoms with Crippen molar-refractivity contribution in [1.29, 1.82) is 0 Å². The van der Waals surface area contributed by atoms with Gasteiger partial charge in [-0.15, -0.1) is 11.3 Å². The molecule has 4 rings (SSSR count). The summed E-state index contributed by atoms with van der Waals surface area (Å²) in [6.45, 7) is 6.27. The Kier molecular flexibility index (Phi) is 5.64. The number of aromatic amines is 1. The number of nitrogens with zero attached hydrogens (tertiary/aromatic N) is 2. The Balaban J connectivity index is 1.55. The molecule has 0 bridgehead atoms. The summed E-state index contributed by atoms with van der Waals surface area (Å²) in [5, 5.41) is 11.0. The molecule has 0 saturated heterocycles. The molecule has 0 aromatic carbocycles. The highest BCUT2D eigenvalue weighted by Gasteiger charge is 2.31. The highest BCUT2D eigenvalue weighted by molar-refractivity contribution is 7.18. The van der Waals surface area contributed by atoms with E-state index in [0.717, 1.165) is 42.3 Å². The van der Waals surface area contributed by atoms with E-state index < -0.39 is 6.10 Å². The van der Waals surface area contributed by atoms with Crippen LogP contribution in [-0.2, 0) is 24.1 Å². The van der Waals surface area contributed by atoms with Crippen molar-refractivity contribution in [1.82, 2.24) is 14.9 Å². The third-order valence-electron chi connectivity index (χ3n) is 5.59. The molecule has 2 atom stereocenters. The minimum absolute atomic E-state index is 0.00679. The highest BCUT2D eigenvalue weighted by atomic mass is 32.1. The molecular weight excluding hydrogens is 362 g/mol. The average Bonchev–Trinajstić information content (AvgIpc) is 3.40. The molecule has 2 N–H and O–H groups in total. The monoisotopic (exact) mass is 391 g/mol. The number of aryl methyl sites for hydroxylation is 1. The number of hydrogen-bond donors (Lipinski definition) is 2. The Hall–Kier alpha value is -1.28. The van der Waals surface area contributed by atoms with Gasteiger partial charge in [-0.25, -0.2) is 4.98 Å². The van der Waals surface area contributed by atoms with Gasteiger partial charge in [-0.2, -0.15) is 0 Å². The van der Waals surface area contributed by atoms with Crippen LogP contribution >= 0.6 is 11.3 Å². The number of aliphatic hydroxyl groups excluding tert-OH is 1. The number of rotatable bonds is 8. The van der Waals surface area contributed by atoms with Crippen molar-refractivity contribution in [3.8, 4) is 0 Å². The third-order valence-corrected chi connectivity index (χ3v) is 6.74. The van der Waals surface area contributed by atoms with Crippen molar-refractivity contribution >= 4 is 21.6 Å². The van der Waals surface area contributed by atoms with Crippen LogP contribution in [-0.4, -0.2) is 51.9 Å². The lowest BCUT2D eigenvalue weighted by atomic mass is 9.89. The van der Waals surface area contributed by atoms with Crippen LogP contribution in [0.1, 0.15) is 49.4 Å². The summed E-state index contributed by atoms with van der Waals surface area (Å²) in [6.07, 6.45) is 4.95. The van der Waals surface area contributed by atoms with Crippen LogP contribution < -0.4 is 5.56 Å². The smallest absolute Gasteiger partial charge is 0.259 e. The fourth-order valence-electron chi connectivity index (χ4n) is 4.02. The van der Waals surface area contributed by atoms with Gasteiger partial charge in [-0.1, -0.05) is 6.92 Å². The van der Waals surface area contributed by atoms with Gasteiger partial charge in [-0.05, 0) is 50.5 Å². The van der Waals surface area contributed by atoms with E-state index in [2.05, 4.69) is 16.8 Å². The maximum atomic E-state index is 12.8. The van der Waals surface area contributed by atoms with E-state index in [-0.39, 0.29) is 5.56 Å². The second kappa shape index (κ2) is 7.99. The van der Waals surface area contributed by atoms with E-state index >= 15 is 0 Å². The fourth-order valence-corrected chi connectivity index (χ4v) is 5.42. The normalized spacial score (nSPS) is 21.0. The maximum absolute atomic E-state index is 12.8. The summed E-state index contributed by atoms with van der Waals surface area (Å²) in [7, 11) is 0. The molecule has 1 saturated carbocycles. The predicted molar refractivity (Wildman–Crippen MR) is 107 cm³/mol. The van der Waals surface area contributed by atoms with Gasteiger partial charge in [0.05, 0.1) is 24.6 Å². The van der Waals surface area contributed by atoms with Gasteiger partial charge in [0.15, 0.2) is 0 Å². The first-order chi connectivity index (χ1) is 13.0. The van der Waals surface area contributed by atoms with Gasteiger partial charge in [0.2, 0.25) is 0 Å². The minimum atomic E-state index is -0.517. The molecule has 27 heavy (non-hydrogen) atoms. The van der Waals surface area contributed by atoms with E-state index in [1.807, 2.05) is 6.92 Å². The summed E-state index contributed by atoms with van der Waals surface area (Å²) in [5.41, 5.74) is 1.22. The number of aliphatic hydroxyl groups is 1. The maximum Gasteiger partial charge on any atom is 0.259 e. The van der Waals surface area contributed by atoms with Crippen molar-refractivity contribution in [2.45, 2.75) is 64.6 Å². The Bertz CT molecular complexity index is 858. The van der Waals surface area contributed by atoms with Gasteiger partial charge < -0.3 is 14.8 Å². The first-order valence-corrected chi connectivity index (χ1v) is 10.9. The van der Waals surface area contributed by atoms with Gasteiger partial charge in [0.25, 0.3) is 5.56 Å². The SMILES string of the molecule is CCOC[C@@H](O)CN(Cc1nc2sc3c(c2c(=O)[nH]1)CC[C@@H](C)C3)C1CC1. The lowest BCUT2D eigenvalue weighted by Gasteiger charge is -2.24. The van der Waals surface area contributed by atoms with Gasteiger partial charge >= 0.3 is 0 Å². The molecule has 0 unspecified atom stereocenters. The van der Waals surface area contributed by atoms with Crippen molar-refractivity contribution < 1.29 is 9.84 Å². The van der Waals surface area contributed by atoms with Gasteiger partial charge in [-0.3, -0.25) is 9.69 Å². The molecular formula is C20H29N3O3S. The zero-order chi connectivity index (χ0) is 19.0. The second-order valence-electron chi connectivity index (χ2n) is 8.02. The molecule has 0 radical (unpaired) electrons. The summed E-state index contributed by atoms with van der Waals surface area (Å²) in [5.74, 6) is 1.39. The predicted octanol–water partition coefficient (Wildman–Crippen LogP) is 2.47. The number of H-pyrrole nitrogens is 1. The molecule has 2 aromatic heterocycles. The topological polar surface area (TPSA) is 78.5 Å². The molecule has 148 valence electrons. The molecule has 2 aliphatic rings. The van der Waals surface area contributed by atoms with Gasteiger partial charge in [0.1, 0.15) is 10.7 Å². The van der Waals surface area contributed by atoms with Crippen molar-refractivity contribution in [3.05, 3.63) is 26.6 Å². The first kappa shape index (κ1) is 19.1. The summed E-state index contributed by atoms with van der Waals surface area (Å²) >= 11 is 1.69.